The van der Waals surface area contributed by atoms with E-state index in [9.17, 15) is 8.42 Å². The standard InChI is InChI=1S/C13H15N5O2S/c14-7-11-3-1-2-4-12(11)10-21(19,20)17-5-6-18-9-13(15)8-16-18/h1-4,8-9,17H,5-6,10,15H2. The third kappa shape index (κ3) is 4.30. The van der Waals surface area contributed by atoms with E-state index in [1.165, 1.54) is 6.20 Å². The number of nitriles is 1. The molecule has 8 heteroatoms. The summed E-state index contributed by atoms with van der Waals surface area (Å²) in [6.45, 7) is 0.592. The topological polar surface area (TPSA) is 114 Å². The molecule has 0 aliphatic rings. The van der Waals surface area contributed by atoms with Gasteiger partial charge >= 0.3 is 0 Å². The fourth-order valence-electron chi connectivity index (χ4n) is 1.83. The van der Waals surface area contributed by atoms with Crippen LogP contribution in [0.5, 0.6) is 0 Å². The molecule has 0 aliphatic heterocycles. The quantitative estimate of drug-likeness (QED) is 0.804. The molecule has 110 valence electrons. The molecule has 0 aliphatic carbocycles. The Balaban J connectivity index is 1.94. The number of nitrogens with two attached hydrogens (primary N) is 1. The summed E-state index contributed by atoms with van der Waals surface area (Å²) in [5, 5.41) is 12.9. The fraction of sp³-hybridized carbons (Fsp3) is 0.231. The van der Waals surface area contributed by atoms with Crippen LogP contribution in [-0.2, 0) is 22.3 Å². The Morgan fingerprint density at radius 3 is 2.81 bits per heavy atom. The van der Waals surface area contributed by atoms with Crippen molar-refractivity contribution >= 4 is 15.7 Å². The molecule has 0 fully saturated rings. The maximum Gasteiger partial charge on any atom is 0.215 e. The molecule has 1 heterocycles. The Bertz CT molecular complexity index is 761. The first-order valence-electron chi connectivity index (χ1n) is 6.23. The van der Waals surface area contributed by atoms with Gasteiger partial charge in [-0.05, 0) is 11.6 Å². The smallest absolute Gasteiger partial charge is 0.215 e. The van der Waals surface area contributed by atoms with E-state index in [0.29, 0.717) is 23.4 Å². The highest BCUT2D eigenvalue weighted by Crippen LogP contribution is 2.10. The molecule has 0 radical (unpaired) electrons. The number of nitrogens with one attached hydrogen (secondary N) is 1. The van der Waals surface area contributed by atoms with Crippen LogP contribution in [0.4, 0.5) is 5.69 Å². The lowest BCUT2D eigenvalue weighted by Gasteiger charge is -2.08. The second-order valence-corrected chi connectivity index (χ2v) is 6.27. The number of sulfonamides is 1. The highest BCUT2D eigenvalue weighted by atomic mass is 32.2. The van der Waals surface area contributed by atoms with Crippen LogP contribution in [0.3, 0.4) is 0 Å². The van der Waals surface area contributed by atoms with Crippen molar-refractivity contribution in [3.05, 3.63) is 47.8 Å². The number of nitrogens with zero attached hydrogens (tertiary/aromatic N) is 3. The van der Waals surface area contributed by atoms with Gasteiger partial charge in [-0.2, -0.15) is 10.4 Å². The molecule has 1 aromatic carbocycles. The van der Waals surface area contributed by atoms with Crippen molar-refractivity contribution in [1.29, 1.82) is 5.26 Å². The maximum atomic E-state index is 12.0. The lowest BCUT2D eigenvalue weighted by Crippen LogP contribution is -2.29. The summed E-state index contributed by atoms with van der Waals surface area (Å²) in [7, 11) is -3.50. The van der Waals surface area contributed by atoms with Crippen LogP contribution < -0.4 is 10.5 Å². The lowest BCUT2D eigenvalue weighted by molar-refractivity contribution is 0.560. The number of nitrogen functional groups attached to an aromatic ring is 1. The fourth-order valence-corrected chi connectivity index (χ4v) is 2.99. The molecule has 0 unspecified atom stereocenters. The van der Waals surface area contributed by atoms with Crippen LogP contribution >= 0.6 is 0 Å². The average Bonchev–Trinajstić information content (AvgIpc) is 2.84. The highest BCUT2D eigenvalue weighted by molar-refractivity contribution is 7.88. The summed E-state index contributed by atoms with van der Waals surface area (Å²) >= 11 is 0. The minimum atomic E-state index is -3.50. The Labute approximate surface area is 123 Å². The van der Waals surface area contributed by atoms with Gasteiger partial charge in [-0.3, -0.25) is 4.68 Å². The number of benzene rings is 1. The first kappa shape index (κ1) is 15.0. The number of aromatic nitrogens is 2. The molecule has 1 aromatic heterocycles. The van der Waals surface area contributed by atoms with Crippen LogP contribution in [0, 0.1) is 11.3 Å². The van der Waals surface area contributed by atoms with Crippen molar-refractivity contribution in [2.75, 3.05) is 12.3 Å². The first-order chi connectivity index (χ1) is 10.00. The monoisotopic (exact) mass is 305 g/mol. The number of hydrogen-bond acceptors (Lipinski definition) is 5. The average molecular weight is 305 g/mol. The summed E-state index contributed by atoms with van der Waals surface area (Å²) in [6.07, 6.45) is 3.12. The van der Waals surface area contributed by atoms with Crippen LogP contribution in [0.2, 0.25) is 0 Å². The van der Waals surface area contributed by atoms with Crippen molar-refractivity contribution < 1.29 is 8.42 Å². The maximum absolute atomic E-state index is 12.0. The summed E-state index contributed by atoms with van der Waals surface area (Å²) in [4.78, 5) is 0. The molecular formula is C13H15N5O2S. The molecular weight excluding hydrogens is 290 g/mol. The van der Waals surface area contributed by atoms with Crippen molar-refractivity contribution in [2.45, 2.75) is 12.3 Å². The van der Waals surface area contributed by atoms with Crippen molar-refractivity contribution in [2.24, 2.45) is 0 Å². The van der Waals surface area contributed by atoms with Gasteiger partial charge in [0.2, 0.25) is 10.0 Å². The van der Waals surface area contributed by atoms with Gasteiger partial charge in [0, 0.05) is 12.7 Å². The van der Waals surface area contributed by atoms with Crippen LogP contribution in [0.25, 0.3) is 0 Å². The van der Waals surface area contributed by atoms with Crippen molar-refractivity contribution in [3.63, 3.8) is 0 Å². The molecule has 3 N–H and O–H groups in total. The van der Waals surface area contributed by atoms with Gasteiger partial charge in [-0.15, -0.1) is 0 Å². The van der Waals surface area contributed by atoms with Crippen LogP contribution in [-0.4, -0.2) is 24.7 Å². The van der Waals surface area contributed by atoms with Gasteiger partial charge in [0.25, 0.3) is 0 Å². The zero-order chi connectivity index (χ0) is 15.3. The highest BCUT2D eigenvalue weighted by Gasteiger charge is 2.13. The van der Waals surface area contributed by atoms with E-state index < -0.39 is 10.0 Å². The largest absolute Gasteiger partial charge is 0.396 e. The molecule has 0 amide bonds. The third-order valence-corrected chi connectivity index (χ3v) is 4.13. The minimum Gasteiger partial charge on any atom is -0.396 e. The van der Waals surface area contributed by atoms with E-state index >= 15 is 0 Å². The Morgan fingerprint density at radius 2 is 2.14 bits per heavy atom. The summed E-state index contributed by atoms with van der Waals surface area (Å²) < 4.78 is 28.0. The molecule has 0 saturated carbocycles. The minimum absolute atomic E-state index is 0.207. The van der Waals surface area contributed by atoms with E-state index in [2.05, 4.69) is 9.82 Å². The first-order valence-corrected chi connectivity index (χ1v) is 7.89. The summed E-state index contributed by atoms with van der Waals surface area (Å²) in [5.74, 6) is -0.224. The molecule has 2 aromatic rings. The van der Waals surface area contributed by atoms with Gasteiger partial charge in [0.15, 0.2) is 0 Å². The molecule has 21 heavy (non-hydrogen) atoms. The van der Waals surface area contributed by atoms with Gasteiger partial charge < -0.3 is 5.73 Å². The van der Waals surface area contributed by atoms with Gasteiger partial charge in [0.05, 0.1) is 35.8 Å². The lowest BCUT2D eigenvalue weighted by atomic mass is 10.1. The normalized spacial score (nSPS) is 11.2. The summed E-state index contributed by atoms with van der Waals surface area (Å²) in [5.41, 5.74) is 6.89. The second kappa shape index (κ2) is 6.39. The van der Waals surface area contributed by atoms with Crippen molar-refractivity contribution in [1.82, 2.24) is 14.5 Å². The Kier molecular flexibility index (Phi) is 4.57. The van der Waals surface area contributed by atoms with Gasteiger partial charge in [-0.1, -0.05) is 18.2 Å². The second-order valence-electron chi connectivity index (χ2n) is 4.46. The third-order valence-electron chi connectivity index (χ3n) is 2.80. The summed E-state index contributed by atoms with van der Waals surface area (Å²) in [6, 6.07) is 8.61. The predicted molar refractivity (Wildman–Crippen MR) is 78.4 cm³/mol. The van der Waals surface area contributed by atoms with E-state index in [-0.39, 0.29) is 12.3 Å². The van der Waals surface area contributed by atoms with Gasteiger partial charge in [0.1, 0.15) is 0 Å². The Hall–Kier alpha value is -2.37. The molecule has 0 atom stereocenters. The van der Waals surface area contributed by atoms with Crippen LogP contribution in [0.15, 0.2) is 36.7 Å². The molecule has 0 bridgehead atoms. The Morgan fingerprint density at radius 1 is 1.38 bits per heavy atom. The van der Waals surface area contributed by atoms with Gasteiger partial charge in [-0.25, -0.2) is 13.1 Å². The predicted octanol–water partition coefficient (Wildman–Crippen LogP) is 0.457. The molecule has 0 spiro atoms. The van der Waals surface area contributed by atoms with E-state index in [1.807, 2.05) is 6.07 Å². The van der Waals surface area contributed by atoms with E-state index in [4.69, 9.17) is 11.0 Å². The molecule has 2 rings (SSSR count). The van der Waals surface area contributed by atoms with E-state index in [1.54, 1.807) is 35.1 Å². The SMILES string of the molecule is N#Cc1ccccc1CS(=O)(=O)NCCn1cc(N)cn1. The zero-order valence-corrected chi connectivity index (χ0v) is 12.0. The number of anilines is 1. The number of rotatable bonds is 6. The molecule has 7 nitrogen and oxygen atoms in total. The van der Waals surface area contributed by atoms with E-state index in [0.717, 1.165) is 0 Å². The zero-order valence-electron chi connectivity index (χ0n) is 11.2. The van der Waals surface area contributed by atoms with Crippen LogP contribution in [0.1, 0.15) is 11.1 Å². The molecule has 0 saturated heterocycles. The van der Waals surface area contributed by atoms with Crippen molar-refractivity contribution in [3.8, 4) is 6.07 Å². The number of hydrogen-bond donors (Lipinski definition) is 2.